The first-order valence-electron chi connectivity index (χ1n) is 15.3. The van der Waals surface area contributed by atoms with Gasteiger partial charge in [-0.15, -0.1) is 0 Å². The third-order valence-electron chi connectivity index (χ3n) is 7.47. The monoisotopic (exact) mass is 660 g/mol. The van der Waals surface area contributed by atoms with Crippen molar-refractivity contribution in [1.29, 1.82) is 0 Å². The first-order valence-corrected chi connectivity index (χ1v) is 15.3. The highest BCUT2D eigenvalue weighted by molar-refractivity contribution is 6.00. The van der Waals surface area contributed by atoms with Crippen LogP contribution in [0.5, 0.6) is 17.2 Å². The molecule has 0 aliphatic rings. The van der Waals surface area contributed by atoms with Crippen molar-refractivity contribution in [2.75, 3.05) is 33.5 Å². The number of aromatic carboxylic acids is 2. The molecular formula is C37H40O11. The molecule has 11 nitrogen and oxygen atoms in total. The lowest BCUT2D eigenvalue weighted by atomic mass is 9.89. The summed E-state index contributed by atoms with van der Waals surface area (Å²) in [7, 11) is 1.45. The molecule has 3 aromatic carbocycles. The second kappa shape index (κ2) is 17.9. The van der Waals surface area contributed by atoms with Crippen LogP contribution in [0.2, 0.25) is 0 Å². The molecule has 0 aliphatic carbocycles. The maximum absolute atomic E-state index is 12.3. The van der Waals surface area contributed by atoms with E-state index < -0.39 is 23.9 Å². The van der Waals surface area contributed by atoms with Crippen LogP contribution in [0.25, 0.3) is 22.3 Å². The number of ether oxygens (including phenoxy) is 5. The number of esters is 2. The summed E-state index contributed by atoms with van der Waals surface area (Å²) in [4.78, 5) is 47.0. The van der Waals surface area contributed by atoms with Gasteiger partial charge in [-0.05, 0) is 92.6 Å². The number of carbonyl (C=O) groups is 4. The Hall–Kier alpha value is -5.58. The summed E-state index contributed by atoms with van der Waals surface area (Å²) in [5, 5.41) is 20.1. The number of methoxy groups -OCH3 is 1. The standard InChI is InChI=1S/C37H40O11/c1-6-32(38)47-20-10-8-18-45-29-16-14-27(36(40)41)34(23(29)3)25-12-13-26(31(22-25)44-5)35-24(4)30(17-15-28(35)37(42)43)46-19-9-11-21-48-33(39)7-2/h6-7,12-17,22H,1-2,8-11,18-21H2,3-5H3,(H,40,41)(H,42,43). The molecule has 0 fully saturated rings. The van der Waals surface area contributed by atoms with Crippen molar-refractivity contribution in [1.82, 2.24) is 0 Å². The first-order chi connectivity index (χ1) is 23.0. The van der Waals surface area contributed by atoms with Crippen molar-refractivity contribution < 1.29 is 53.1 Å². The van der Waals surface area contributed by atoms with Gasteiger partial charge in [-0.3, -0.25) is 0 Å². The Morgan fingerprint density at radius 1 is 0.646 bits per heavy atom. The van der Waals surface area contributed by atoms with Crippen molar-refractivity contribution in [3.63, 3.8) is 0 Å². The largest absolute Gasteiger partial charge is 0.496 e. The molecule has 0 atom stereocenters. The summed E-state index contributed by atoms with van der Waals surface area (Å²) in [6.07, 6.45) is 4.55. The summed E-state index contributed by atoms with van der Waals surface area (Å²) < 4.78 is 27.6. The average Bonchev–Trinajstić information content (AvgIpc) is 3.07. The first kappa shape index (κ1) is 36.9. The highest BCUT2D eigenvalue weighted by atomic mass is 16.5. The summed E-state index contributed by atoms with van der Waals surface area (Å²) >= 11 is 0. The van der Waals surface area contributed by atoms with E-state index in [0.717, 1.165) is 12.2 Å². The number of carboxylic acids is 2. The predicted molar refractivity (Wildman–Crippen MR) is 179 cm³/mol. The number of benzene rings is 3. The quantitative estimate of drug-likeness (QED) is 0.0791. The fourth-order valence-electron chi connectivity index (χ4n) is 5.06. The van der Waals surface area contributed by atoms with Gasteiger partial charge in [0.15, 0.2) is 0 Å². The lowest BCUT2D eigenvalue weighted by molar-refractivity contribution is -0.138. The smallest absolute Gasteiger partial charge is 0.336 e. The maximum atomic E-state index is 12.3. The number of rotatable bonds is 19. The molecule has 0 saturated heterocycles. The number of hydrogen-bond donors (Lipinski definition) is 2. The molecule has 0 heterocycles. The van der Waals surface area contributed by atoms with E-state index in [2.05, 4.69) is 13.2 Å². The Balaban J connectivity index is 1.92. The molecule has 0 radical (unpaired) electrons. The molecule has 0 spiro atoms. The van der Waals surface area contributed by atoms with E-state index in [0.29, 0.717) is 89.5 Å². The fourth-order valence-corrected chi connectivity index (χ4v) is 5.06. The van der Waals surface area contributed by atoms with Gasteiger partial charge in [-0.1, -0.05) is 19.2 Å². The predicted octanol–water partition coefficient (Wildman–Crippen LogP) is 6.82. The molecule has 2 N–H and O–H groups in total. The molecule has 3 aromatic rings. The minimum atomic E-state index is -1.14. The van der Waals surface area contributed by atoms with Crippen LogP contribution in [0.4, 0.5) is 0 Å². The Bertz CT molecular complexity index is 1670. The molecular weight excluding hydrogens is 620 g/mol. The zero-order chi connectivity index (χ0) is 35.2. The number of unbranched alkanes of at least 4 members (excludes halogenated alkanes) is 2. The average molecular weight is 661 g/mol. The van der Waals surface area contributed by atoms with Crippen LogP contribution in [0, 0.1) is 13.8 Å². The Morgan fingerprint density at radius 2 is 1.10 bits per heavy atom. The van der Waals surface area contributed by atoms with Gasteiger partial charge in [0.25, 0.3) is 0 Å². The summed E-state index contributed by atoms with van der Waals surface area (Å²) in [5.74, 6) is -1.94. The minimum Gasteiger partial charge on any atom is -0.496 e. The van der Waals surface area contributed by atoms with E-state index in [1.165, 1.54) is 19.2 Å². The van der Waals surface area contributed by atoms with Crippen molar-refractivity contribution in [2.45, 2.75) is 39.5 Å². The van der Waals surface area contributed by atoms with Gasteiger partial charge in [-0.2, -0.15) is 0 Å². The molecule has 254 valence electrons. The van der Waals surface area contributed by atoms with Gasteiger partial charge < -0.3 is 33.9 Å². The molecule has 0 aromatic heterocycles. The normalized spacial score (nSPS) is 10.5. The van der Waals surface area contributed by atoms with E-state index in [-0.39, 0.29) is 24.3 Å². The SMILES string of the molecule is C=CC(=O)OCCCCOc1ccc(C(=O)O)c(-c2ccc(-c3c(C(=O)O)ccc(OCCCCOC(=O)C=C)c3C)c(OC)c2)c1C. The highest BCUT2D eigenvalue weighted by Gasteiger charge is 2.23. The molecule has 3 rings (SSSR count). The van der Waals surface area contributed by atoms with Crippen molar-refractivity contribution >= 4 is 23.9 Å². The van der Waals surface area contributed by atoms with Gasteiger partial charge in [0, 0.05) is 28.8 Å². The van der Waals surface area contributed by atoms with Crippen LogP contribution in [0.15, 0.2) is 67.8 Å². The van der Waals surface area contributed by atoms with E-state index >= 15 is 0 Å². The maximum Gasteiger partial charge on any atom is 0.336 e. The summed E-state index contributed by atoms with van der Waals surface area (Å²) in [6, 6.07) is 11.2. The number of hydrogen-bond acceptors (Lipinski definition) is 9. The van der Waals surface area contributed by atoms with Crippen molar-refractivity contribution in [2.24, 2.45) is 0 Å². The van der Waals surface area contributed by atoms with Gasteiger partial charge in [0.2, 0.25) is 0 Å². The van der Waals surface area contributed by atoms with Gasteiger partial charge in [-0.25, -0.2) is 19.2 Å². The number of carbonyl (C=O) groups excluding carboxylic acids is 2. The Labute approximate surface area is 279 Å². The van der Waals surface area contributed by atoms with Crippen LogP contribution in [-0.4, -0.2) is 67.6 Å². The third kappa shape index (κ3) is 9.47. The zero-order valence-electron chi connectivity index (χ0n) is 27.3. The van der Waals surface area contributed by atoms with E-state index in [1.807, 2.05) is 0 Å². The second-order valence-electron chi connectivity index (χ2n) is 10.6. The van der Waals surface area contributed by atoms with Crippen LogP contribution < -0.4 is 14.2 Å². The van der Waals surface area contributed by atoms with Crippen LogP contribution in [0.1, 0.15) is 57.5 Å². The van der Waals surface area contributed by atoms with E-state index in [1.54, 1.807) is 44.2 Å². The molecule has 0 saturated carbocycles. The Kier molecular flexibility index (Phi) is 13.8. The Morgan fingerprint density at radius 3 is 1.56 bits per heavy atom. The topological polar surface area (TPSA) is 155 Å². The van der Waals surface area contributed by atoms with Crippen LogP contribution >= 0.6 is 0 Å². The van der Waals surface area contributed by atoms with Crippen LogP contribution in [-0.2, 0) is 19.1 Å². The van der Waals surface area contributed by atoms with Crippen molar-refractivity contribution in [3.05, 3.63) is 90.0 Å². The zero-order valence-corrected chi connectivity index (χ0v) is 27.3. The lowest BCUT2D eigenvalue weighted by Gasteiger charge is -2.20. The summed E-state index contributed by atoms with van der Waals surface area (Å²) in [6.45, 7) is 11.3. The lowest BCUT2D eigenvalue weighted by Crippen LogP contribution is -2.08. The van der Waals surface area contributed by atoms with E-state index in [9.17, 15) is 29.4 Å². The molecule has 11 heteroatoms. The van der Waals surface area contributed by atoms with Gasteiger partial charge in [0.1, 0.15) is 17.2 Å². The van der Waals surface area contributed by atoms with E-state index in [4.69, 9.17) is 23.7 Å². The molecule has 0 unspecified atom stereocenters. The molecule has 0 aliphatic heterocycles. The van der Waals surface area contributed by atoms with Crippen LogP contribution in [0.3, 0.4) is 0 Å². The van der Waals surface area contributed by atoms with Crippen molar-refractivity contribution in [3.8, 4) is 39.5 Å². The second-order valence-corrected chi connectivity index (χ2v) is 10.6. The molecule has 48 heavy (non-hydrogen) atoms. The highest BCUT2D eigenvalue weighted by Crippen LogP contribution is 2.42. The van der Waals surface area contributed by atoms with Gasteiger partial charge in [0.05, 0.1) is 44.7 Å². The molecule has 0 bridgehead atoms. The third-order valence-corrected chi connectivity index (χ3v) is 7.47. The molecule has 0 amide bonds. The minimum absolute atomic E-state index is 0.0410. The summed E-state index contributed by atoms with van der Waals surface area (Å²) in [5.41, 5.74) is 3.12. The fraction of sp³-hybridized carbons (Fsp3) is 0.297. The van der Waals surface area contributed by atoms with Gasteiger partial charge >= 0.3 is 23.9 Å². The number of carboxylic acid groups (broad SMARTS) is 2.